The van der Waals surface area contributed by atoms with E-state index in [9.17, 15) is 14.7 Å². The van der Waals surface area contributed by atoms with Crippen molar-refractivity contribution in [3.63, 3.8) is 0 Å². The first-order valence-corrected chi connectivity index (χ1v) is 12.2. The lowest BCUT2D eigenvalue weighted by atomic mass is 9.92. The van der Waals surface area contributed by atoms with Gasteiger partial charge in [-0.15, -0.1) is 0 Å². The molecule has 1 heterocycles. The molecule has 1 aliphatic heterocycles. The number of aliphatic hydroxyl groups excluding tert-OH is 1. The van der Waals surface area contributed by atoms with Crippen molar-refractivity contribution in [2.75, 3.05) is 13.7 Å². The molecule has 0 aliphatic carbocycles. The molecule has 3 atom stereocenters. The average Bonchev–Trinajstić information content (AvgIpc) is 3.20. The Bertz CT molecular complexity index is 898. The third-order valence-electron chi connectivity index (χ3n) is 6.85. The number of aliphatic hydroxyl groups is 1. The molecule has 1 aliphatic rings. The summed E-state index contributed by atoms with van der Waals surface area (Å²) in [6.45, 7) is 2.83. The summed E-state index contributed by atoms with van der Waals surface area (Å²) in [5.41, 5.74) is 2.94. The molecule has 5 heteroatoms. The van der Waals surface area contributed by atoms with E-state index < -0.39 is 0 Å². The van der Waals surface area contributed by atoms with Gasteiger partial charge >= 0.3 is 5.97 Å². The van der Waals surface area contributed by atoms with Crippen LogP contribution in [-0.4, -0.2) is 47.7 Å². The van der Waals surface area contributed by atoms with Gasteiger partial charge in [-0.25, -0.2) is 4.79 Å². The van der Waals surface area contributed by atoms with Crippen LogP contribution in [0, 0.1) is 5.92 Å². The highest BCUT2D eigenvalue weighted by atomic mass is 16.5. The van der Waals surface area contributed by atoms with Gasteiger partial charge in [-0.1, -0.05) is 49.4 Å². The Morgan fingerprint density at radius 1 is 1.09 bits per heavy atom. The number of methoxy groups -OCH3 is 1. The summed E-state index contributed by atoms with van der Waals surface area (Å²) < 4.78 is 4.79. The standard InChI is InChI=1S/C28H37NO4/c1-21(13-14-22-8-4-3-5-9-22)26(30)17-15-25-16-18-27(31)29(25)19-7-11-23-10-6-12-24(20-23)28(32)33-2/h3-6,8-10,12,20-21,25-26,30H,7,11,13-19H2,1-2H3/t21-,25-,26+/m0/s1. The van der Waals surface area contributed by atoms with Crippen molar-refractivity contribution in [3.8, 4) is 0 Å². The number of benzene rings is 2. The second-order valence-electron chi connectivity index (χ2n) is 9.22. The zero-order chi connectivity index (χ0) is 23.6. The van der Waals surface area contributed by atoms with Gasteiger partial charge in [0.05, 0.1) is 18.8 Å². The second-order valence-corrected chi connectivity index (χ2v) is 9.22. The molecule has 3 rings (SSSR count). The van der Waals surface area contributed by atoms with Crippen LogP contribution in [0.3, 0.4) is 0 Å². The molecule has 1 N–H and O–H groups in total. The van der Waals surface area contributed by atoms with E-state index >= 15 is 0 Å². The van der Waals surface area contributed by atoms with Crippen LogP contribution in [-0.2, 0) is 22.4 Å². The number of hydrogen-bond acceptors (Lipinski definition) is 4. The Kier molecular flexibility index (Phi) is 9.49. The van der Waals surface area contributed by atoms with E-state index in [-0.39, 0.29) is 29.9 Å². The van der Waals surface area contributed by atoms with Crippen LogP contribution < -0.4 is 0 Å². The Hall–Kier alpha value is -2.66. The topological polar surface area (TPSA) is 66.8 Å². The van der Waals surface area contributed by atoms with Crippen molar-refractivity contribution in [1.82, 2.24) is 4.90 Å². The number of ether oxygens (including phenoxy) is 1. The predicted octanol–water partition coefficient (Wildman–Crippen LogP) is 4.81. The maximum absolute atomic E-state index is 12.4. The number of esters is 1. The van der Waals surface area contributed by atoms with Gasteiger partial charge in [0.25, 0.3) is 0 Å². The molecular weight excluding hydrogens is 414 g/mol. The lowest BCUT2D eigenvalue weighted by molar-refractivity contribution is -0.129. The van der Waals surface area contributed by atoms with Gasteiger partial charge in [0.15, 0.2) is 0 Å². The number of nitrogens with zero attached hydrogens (tertiary/aromatic N) is 1. The van der Waals surface area contributed by atoms with Crippen LogP contribution in [0.4, 0.5) is 0 Å². The van der Waals surface area contributed by atoms with E-state index in [2.05, 4.69) is 31.2 Å². The first-order valence-electron chi connectivity index (χ1n) is 12.2. The van der Waals surface area contributed by atoms with Crippen LogP contribution in [0.1, 0.15) is 66.9 Å². The molecular formula is C28H37NO4. The maximum atomic E-state index is 12.4. The summed E-state index contributed by atoms with van der Waals surface area (Å²) in [4.78, 5) is 26.2. The molecule has 2 aromatic rings. The highest BCUT2D eigenvalue weighted by Gasteiger charge is 2.31. The molecule has 5 nitrogen and oxygen atoms in total. The minimum Gasteiger partial charge on any atom is -0.465 e. The van der Waals surface area contributed by atoms with Crippen molar-refractivity contribution in [2.24, 2.45) is 5.92 Å². The number of rotatable bonds is 12. The van der Waals surface area contributed by atoms with Gasteiger partial charge in [-0.2, -0.15) is 0 Å². The van der Waals surface area contributed by atoms with Gasteiger partial charge in [0.2, 0.25) is 5.91 Å². The van der Waals surface area contributed by atoms with Crippen molar-refractivity contribution in [2.45, 2.75) is 70.4 Å². The summed E-state index contributed by atoms with van der Waals surface area (Å²) in [5.74, 6) is 0.121. The molecule has 0 unspecified atom stereocenters. The lowest BCUT2D eigenvalue weighted by Crippen LogP contribution is -2.35. The van der Waals surface area contributed by atoms with Gasteiger partial charge in [0, 0.05) is 19.0 Å². The number of aryl methyl sites for hydroxylation is 2. The van der Waals surface area contributed by atoms with Crippen molar-refractivity contribution in [1.29, 1.82) is 0 Å². The summed E-state index contributed by atoms with van der Waals surface area (Å²) in [7, 11) is 1.38. The molecule has 1 fully saturated rings. The van der Waals surface area contributed by atoms with E-state index in [1.54, 1.807) is 6.07 Å². The number of carbonyl (C=O) groups is 2. The van der Waals surface area contributed by atoms with Crippen molar-refractivity contribution < 1.29 is 19.4 Å². The van der Waals surface area contributed by atoms with Gasteiger partial charge in [-0.3, -0.25) is 4.79 Å². The Balaban J connectivity index is 1.43. The van der Waals surface area contributed by atoms with Crippen LogP contribution in [0.2, 0.25) is 0 Å². The third kappa shape index (κ3) is 7.43. The minimum atomic E-state index is -0.340. The van der Waals surface area contributed by atoms with E-state index in [0.717, 1.165) is 50.5 Å². The molecule has 0 spiro atoms. The molecule has 0 saturated carbocycles. The SMILES string of the molecule is COC(=O)c1cccc(CCCN2C(=O)CC[C@@H]2CC[C@@H](O)[C@@H](C)CCc2ccccc2)c1. The summed E-state index contributed by atoms with van der Waals surface area (Å²) in [6.07, 6.45) is 6.31. The summed E-state index contributed by atoms with van der Waals surface area (Å²) in [5, 5.41) is 10.7. The normalized spacial score (nSPS) is 17.7. The Morgan fingerprint density at radius 3 is 2.61 bits per heavy atom. The first kappa shape index (κ1) is 25.0. The number of amides is 1. The average molecular weight is 452 g/mol. The van der Waals surface area contributed by atoms with Gasteiger partial charge < -0.3 is 14.7 Å². The molecule has 0 aromatic heterocycles. The molecule has 0 bridgehead atoms. The highest BCUT2D eigenvalue weighted by molar-refractivity contribution is 5.89. The fourth-order valence-electron chi connectivity index (χ4n) is 4.70. The van der Waals surface area contributed by atoms with E-state index in [4.69, 9.17) is 4.74 Å². The lowest BCUT2D eigenvalue weighted by Gasteiger charge is -2.27. The van der Waals surface area contributed by atoms with E-state index in [1.807, 2.05) is 29.2 Å². The van der Waals surface area contributed by atoms with Gasteiger partial charge in [0.1, 0.15) is 0 Å². The van der Waals surface area contributed by atoms with Crippen molar-refractivity contribution in [3.05, 3.63) is 71.3 Å². The third-order valence-corrected chi connectivity index (χ3v) is 6.85. The molecule has 0 radical (unpaired) electrons. The van der Waals surface area contributed by atoms with Gasteiger partial charge in [-0.05, 0) is 74.1 Å². The van der Waals surface area contributed by atoms with Crippen LogP contribution in [0.5, 0.6) is 0 Å². The predicted molar refractivity (Wildman–Crippen MR) is 130 cm³/mol. The molecule has 2 aromatic carbocycles. The maximum Gasteiger partial charge on any atom is 0.337 e. The second kappa shape index (κ2) is 12.5. The summed E-state index contributed by atoms with van der Waals surface area (Å²) >= 11 is 0. The minimum absolute atomic E-state index is 0.217. The smallest absolute Gasteiger partial charge is 0.337 e. The summed E-state index contributed by atoms with van der Waals surface area (Å²) in [6, 6.07) is 18.1. The van der Waals surface area contributed by atoms with Crippen LogP contribution >= 0.6 is 0 Å². The fraction of sp³-hybridized carbons (Fsp3) is 0.500. The Morgan fingerprint density at radius 2 is 1.85 bits per heavy atom. The molecule has 178 valence electrons. The number of carbonyl (C=O) groups excluding carboxylic acids is 2. The fourth-order valence-corrected chi connectivity index (χ4v) is 4.70. The first-order chi connectivity index (χ1) is 16.0. The quantitative estimate of drug-likeness (QED) is 0.471. The van der Waals surface area contributed by atoms with Crippen LogP contribution in [0.15, 0.2) is 54.6 Å². The van der Waals surface area contributed by atoms with Crippen LogP contribution in [0.25, 0.3) is 0 Å². The molecule has 33 heavy (non-hydrogen) atoms. The number of likely N-dealkylation sites (tertiary alicyclic amines) is 1. The highest BCUT2D eigenvalue weighted by Crippen LogP contribution is 2.26. The Labute approximate surface area is 197 Å². The largest absolute Gasteiger partial charge is 0.465 e. The molecule has 1 amide bonds. The molecule has 1 saturated heterocycles. The monoisotopic (exact) mass is 451 g/mol. The van der Waals surface area contributed by atoms with Crippen molar-refractivity contribution >= 4 is 11.9 Å². The van der Waals surface area contributed by atoms with E-state index in [0.29, 0.717) is 18.5 Å². The zero-order valence-electron chi connectivity index (χ0n) is 19.9. The van der Waals surface area contributed by atoms with E-state index in [1.165, 1.54) is 12.7 Å². The number of hydrogen-bond donors (Lipinski definition) is 1. The zero-order valence-corrected chi connectivity index (χ0v) is 19.9.